The lowest BCUT2D eigenvalue weighted by Crippen LogP contribution is -2.15. The number of halogens is 2. The molecule has 0 aromatic heterocycles. The number of hydrogen-bond acceptors (Lipinski definition) is 2. The van der Waals surface area contributed by atoms with Crippen LogP contribution in [0.4, 0.5) is 8.78 Å². The lowest BCUT2D eigenvalue weighted by Gasteiger charge is -2.17. The van der Waals surface area contributed by atoms with E-state index in [0.717, 1.165) is 28.5 Å². The first kappa shape index (κ1) is 15.4. The van der Waals surface area contributed by atoms with Crippen LogP contribution in [0.3, 0.4) is 0 Å². The molecule has 2 N–H and O–H groups in total. The molecule has 0 aliphatic heterocycles. The maximum absolute atomic E-state index is 13.7. The summed E-state index contributed by atoms with van der Waals surface area (Å²) in [6.07, 6.45) is 0.317. The number of methoxy groups -OCH3 is 1. The number of benzene rings is 2. The summed E-state index contributed by atoms with van der Waals surface area (Å²) in [5.74, 6) is -0.313. The van der Waals surface area contributed by atoms with Gasteiger partial charge in [-0.15, -0.1) is 0 Å². The fourth-order valence-corrected chi connectivity index (χ4v) is 2.56. The Hall–Kier alpha value is -1.94. The molecule has 2 nitrogen and oxygen atoms in total. The first-order valence-corrected chi connectivity index (χ1v) is 6.77. The van der Waals surface area contributed by atoms with Crippen LogP contribution in [0.1, 0.15) is 28.3 Å². The van der Waals surface area contributed by atoms with Gasteiger partial charge in [-0.1, -0.05) is 18.2 Å². The van der Waals surface area contributed by atoms with Crippen LogP contribution in [0.5, 0.6) is 5.75 Å². The fraction of sp³-hybridized carbons (Fsp3) is 0.294. The van der Waals surface area contributed by atoms with Gasteiger partial charge >= 0.3 is 0 Å². The molecule has 0 heterocycles. The number of aryl methyl sites for hydroxylation is 2. The van der Waals surface area contributed by atoms with Crippen LogP contribution in [0.25, 0.3) is 0 Å². The molecule has 0 bridgehead atoms. The van der Waals surface area contributed by atoms with Crippen molar-refractivity contribution >= 4 is 0 Å². The van der Waals surface area contributed by atoms with E-state index >= 15 is 0 Å². The van der Waals surface area contributed by atoms with E-state index in [9.17, 15) is 8.78 Å². The van der Waals surface area contributed by atoms with Gasteiger partial charge in [0.15, 0.2) is 0 Å². The van der Waals surface area contributed by atoms with Gasteiger partial charge in [-0.05, 0) is 48.6 Å². The standard InChI is InChI=1S/C17H19F2NO/c1-10-6-13(7-11(2)17(10)21-3)16(20)8-12-4-5-14(18)9-15(12)19/h4-7,9,16H,8,20H2,1-3H3. The van der Waals surface area contributed by atoms with Crippen LogP contribution in [0, 0.1) is 25.5 Å². The highest BCUT2D eigenvalue weighted by Gasteiger charge is 2.14. The minimum Gasteiger partial charge on any atom is -0.496 e. The van der Waals surface area contributed by atoms with E-state index in [1.165, 1.54) is 12.1 Å². The van der Waals surface area contributed by atoms with Gasteiger partial charge in [0.2, 0.25) is 0 Å². The van der Waals surface area contributed by atoms with Crippen molar-refractivity contribution in [2.24, 2.45) is 5.73 Å². The Morgan fingerprint density at radius 2 is 1.71 bits per heavy atom. The van der Waals surface area contributed by atoms with Crippen molar-refractivity contribution in [3.63, 3.8) is 0 Å². The van der Waals surface area contributed by atoms with Crippen molar-refractivity contribution in [3.8, 4) is 5.75 Å². The van der Waals surface area contributed by atoms with Crippen LogP contribution in [-0.2, 0) is 6.42 Å². The maximum Gasteiger partial charge on any atom is 0.129 e. The Labute approximate surface area is 123 Å². The summed E-state index contributed by atoms with van der Waals surface area (Å²) in [4.78, 5) is 0. The average Bonchev–Trinajstić information content (AvgIpc) is 2.41. The van der Waals surface area contributed by atoms with E-state index < -0.39 is 11.6 Å². The van der Waals surface area contributed by atoms with Gasteiger partial charge in [0.1, 0.15) is 17.4 Å². The Bertz CT molecular complexity index is 632. The van der Waals surface area contributed by atoms with Crippen LogP contribution >= 0.6 is 0 Å². The van der Waals surface area contributed by atoms with Crippen LogP contribution < -0.4 is 10.5 Å². The zero-order chi connectivity index (χ0) is 15.6. The molecule has 1 atom stereocenters. The zero-order valence-corrected chi connectivity index (χ0v) is 12.4. The summed E-state index contributed by atoms with van der Waals surface area (Å²) < 4.78 is 31.9. The average molecular weight is 291 g/mol. The smallest absolute Gasteiger partial charge is 0.129 e. The third-order valence-corrected chi connectivity index (χ3v) is 3.57. The van der Waals surface area contributed by atoms with Gasteiger partial charge in [0.05, 0.1) is 7.11 Å². The van der Waals surface area contributed by atoms with Crippen molar-refractivity contribution in [3.05, 3.63) is 64.2 Å². The fourth-order valence-electron chi connectivity index (χ4n) is 2.56. The lowest BCUT2D eigenvalue weighted by atomic mass is 9.96. The molecule has 2 aromatic carbocycles. The first-order chi connectivity index (χ1) is 9.92. The summed E-state index contributed by atoms with van der Waals surface area (Å²) in [7, 11) is 1.63. The number of nitrogens with two attached hydrogens (primary N) is 1. The molecule has 2 rings (SSSR count). The van der Waals surface area contributed by atoms with E-state index in [-0.39, 0.29) is 6.04 Å². The van der Waals surface area contributed by atoms with Crippen molar-refractivity contribution < 1.29 is 13.5 Å². The van der Waals surface area contributed by atoms with Gasteiger partial charge < -0.3 is 10.5 Å². The number of hydrogen-bond donors (Lipinski definition) is 1. The summed E-state index contributed by atoms with van der Waals surface area (Å²) in [5.41, 5.74) is 9.46. The molecule has 0 spiro atoms. The van der Waals surface area contributed by atoms with Gasteiger partial charge in [-0.3, -0.25) is 0 Å². The van der Waals surface area contributed by atoms with Crippen molar-refractivity contribution in [2.75, 3.05) is 7.11 Å². The van der Waals surface area contributed by atoms with Crippen LogP contribution in [0.15, 0.2) is 30.3 Å². The number of rotatable bonds is 4. The quantitative estimate of drug-likeness (QED) is 0.929. The third kappa shape index (κ3) is 3.39. The van der Waals surface area contributed by atoms with Gasteiger partial charge in [-0.2, -0.15) is 0 Å². The second kappa shape index (κ2) is 6.22. The molecular formula is C17H19F2NO. The second-order valence-corrected chi connectivity index (χ2v) is 5.23. The maximum atomic E-state index is 13.7. The summed E-state index contributed by atoms with van der Waals surface area (Å²) >= 11 is 0. The molecule has 0 aliphatic carbocycles. The van der Waals surface area contributed by atoms with Crippen molar-refractivity contribution in [1.82, 2.24) is 0 Å². The highest BCUT2D eigenvalue weighted by Crippen LogP contribution is 2.28. The molecule has 0 radical (unpaired) electrons. The molecule has 112 valence electrons. The monoisotopic (exact) mass is 291 g/mol. The predicted molar refractivity (Wildman–Crippen MR) is 79.5 cm³/mol. The van der Waals surface area contributed by atoms with Crippen LogP contribution in [0.2, 0.25) is 0 Å². The molecule has 0 saturated carbocycles. The van der Waals surface area contributed by atoms with E-state index in [0.29, 0.717) is 12.0 Å². The Kier molecular flexibility index (Phi) is 4.58. The van der Waals surface area contributed by atoms with E-state index in [2.05, 4.69) is 0 Å². The predicted octanol–water partition coefficient (Wildman–Crippen LogP) is 3.83. The molecule has 0 aliphatic rings. The lowest BCUT2D eigenvalue weighted by molar-refractivity contribution is 0.408. The SMILES string of the molecule is COc1c(C)cc(C(N)Cc2ccc(F)cc2F)cc1C. The van der Waals surface area contributed by atoms with E-state index in [1.807, 2.05) is 26.0 Å². The molecular weight excluding hydrogens is 272 g/mol. The first-order valence-electron chi connectivity index (χ1n) is 6.77. The summed E-state index contributed by atoms with van der Waals surface area (Å²) in [6, 6.07) is 7.10. The molecule has 0 amide bonds. The largest absolute Gasteiger partial charge is 0.496 e. The third-order valence-electron chi connectivity index (χ3n) is 3.57. The minimum absolute atomic E-state index is 0.317. The van der Waals surface area contributed by atoms with Gasteiger partial charge in [0, 0.05) is 12.1 Å². The molecule has 4 heteroatoms. The van der Waals surface area contributed by atoms with E-state index in [4.69, 9.17) is 10.5 Å². The second-order valence-electron chi connectivity index (χ2n) is 5.23. The molecule has 0 fully saturated rings. The van der Waals surface area contributed by atoms with Crippen molar-refractivity contribution in [2.45, 2.75) is 26.3 Å². The Morgan fingerprint density at radius 1 is 1.10 bits per heavy atom. The summed E-state index contributed by atoms with van der Waals surface area (Å²) in [5, 5.41) is 0. The molecule has 1 unspecified atom stereocenters. The zero-order valence-electron chi connectivity index (χ0n) is 12.4. The highest BCUT2D eigenvalue weighted by atomic mass is 19.1. The van der Waals surface area contributed by atoms with Gasteiger partial charge in [-0.25, -0.2) is 8.78 Å². The van der Waals surface area contributed by atoms with Gasteiger partial charge in [0.25, 0.3) is 0 Å². The molecule has 0 saturated heterocycles. The van der Waals surface area contributed by atoms with E-state index in [1.54, 1.807) is 7.11 Å². The topological polar surface area (TPSA) is 35.2 Å². The number of ether oxygens (including phenoxy) is 1. The Balaban J connectivity index is 2.26. The normalized spacial score (nSPS) is 12.3. The van der Waals surface area contributed by atoms with Crippen molar-refractivity contribution in [1.29, 1.82) is 0 Å². The molecule has 2 aromatic rings. The van der Waals surface area contributed by atoms with Crippen LogP contribution in [-0.4, -0.2) is 7.11 Å². The minimum atomic E-state index is -0.582. The Morgan fingerprint density at radius 3 is 2.24 bits per heavy atom. The molecule has 21 heavy (non-hydrogen) atoms. The highest BCUT2D eigenvalue weighted by molar-refractivity contribution is 5.44. The summed E-state index contributed by atoms with van der Waals surface area (Å²) in [6.45, 7) is 3.89.